The monoisotopic (exact) mass is 95.1 g/mol. The van der Waals surface area contributed by atoms with Crippen LogP contribution in [-0.4, -0.2) is 9.55 Å². The Balaban J connectivity index is 3.04. The summed E-state index contributed by atoms with van der Waals surface area (Å²) in [4.78, 5) is 3.92. The summed E-state index contributed by atoms with van der Waals surface area (Å²) in [7, 11) is 1.90. The van der Waals surface area contributed by atoms with Crippen LogP contribution in [0.5, 0.6) is 0 Å². The standard InChI is InChI=1S/C5H7N2/c1-5-3-7(2)4-6-5/h4H,1-2H3. The summed E-state index contributed by atoms with van der Waals surface area (Å²) in [5, 5.41) is 0. The first kappa shape index (κ1) is 4.37. The molecule has 1 radical (unpaired) electrons. The van der Waals surface area contributed by atoms with E-state index < -0.39 is 0 Å². The first-order chi connectivity index (χ1) is 3.29. The van der Waals surface area contributed by atoms with E-state index in [1.165, 1.54) is 0 Å². The Morgan fingerprint density at radius 1 is 1.86 bits per heavy atom. The molecule has 0 atom stereocenters. The van der Waals surface area contributed by atoms with Gasteiger partial charge in [0.2, 0.25) is 0 Å². The van der Waals surface area contributed by atoms with Crippen molar-refractivity contribution in [2.45, 2.75) is 6.92 Å². The third kappa shape index (κ3) is 0.796. The average Bonchev–Trinajstić information content (AvgIpc) is 1.87. The molecule has 0 N–H and O–H groups in total. The third-order valence-electron chi connectivity index (χ3n) is 0.763. The minimum atomic E-state index is 0.947. The van der Waals surface area contributed by atoms with Crippen LogP contribution in [0.1, 0.15) is 5.69 Å². The summed E-state index contributed by atoms with van der Waals surface area (Å²) in [6.07, 6.45) is 4.68. The number of nitrogens with zero attached hydrogens (tertiary/aromatic N) is 2. The van der Waals surface area contributed by atoms with Gasteiger partial charge in [-0.05, 0) is 6.92 Å². The van der Waals surface area contributed by atoms with Gasteiger partial charge in [0.25, 0.3) is 0 Å². The number of hydrogen-bond donors (Lipinski definition) is 0. The molecule has 2 nitrogen and oxygen atoms in total. The van der Waals surface area contributed by atoms with Gasteiger partial charge in [0.1, 0.15) is 0 Å². The van der Waals surface area contributed by atoms with Crippen LogP contribution in [-0.2, 0) is 7.05 Å². The maximum atomic E-state index is 3.92. The molecule has 0 aliphatic rings. The summed E-state index contributed by atoms with van der Waals surface area (Å²) in [6.45, 7) is 1.92. The number of imidazole rings is 1. The highest BCUT2D eigenvalue weighted by molar-refractivity contribution is 4.88. The Kier molecular flexibility index (Phi) is 0.855. The molecular weight excluding hydrogens is 88.1 g/mol. The van der Waals surface area contributed by atoms with Gasteiger partial charge < -0.3 is 4.57 Å². The fraction of sp³-hybridized carbons (Fsp3) is 0.400. The van der Waals surface area contributed by atoms with Gasteiger partial charge in [0.15, 0.2) is 0 Å². The zero-order valence-corrected chi connectivity index (χ0v) is 4.47. The molecular formula is C5H7N2. The number of rotatable bonds is 0. The van der Waals surface area contributed by atoms with Crippen molar-refractivity contribution >= 4 is 0 Å². The Labute approximate surface area is 42.8 Å². The van der Waals surface area contributed by atoms with E-state index in [0.717, 1.165) is 5.69 Å². The van der Waals surface area contributed by atoms with E-state index in [2.05, 4.69) is 11.2 Å². The second-order valence-electron chi connectivity index (χ2n) is 1.55. The van der Waals surface area contributed by atoms with Crippen LogP contribution >= 0.6 is 0 Å². The highest BCUT2D eigenvalue weighted by atomic mass is 15.0. The largest absolute Gasteiger partial charge is 0.332 e. The van der Waals surface area contributed by atoms with E-state index >= 15 is 0 Å². The summed E-state index contributed by atoms with van der Waals surface area (Å²) in [6, 6.07) is 0. The lowest BCUT2D eigenvalue weighted by molar-refractivity contribution is 0.905. The lowest BCUT2D eigenvalue weighted by atomic mass is 10.6. The summed E-state index contributed by atoms with van der Waals surface area (Å²) < 4.78 is 1.80. The zero-order valence-electron chi connectivity index (χ0n) is 4.47. The Bertz CT molecular complexity index is 138. The molecule has 37 valence electrons. The van der Waals surface area contributed by atoms with Gasteiger partial charge in [-0.2, -0.15) is 0 Å². The normalized spacial score (nSPS) is 9.43. The molecule has 7 heavy (non-hydrogen) atoms. The fourth-order valence-electron chi connectivity index (χ4n) is 0.486. The van der Waals surface area contributed by atoms with Crippen molar-refractivity contribution in [2.75, 3.05) is 0 Å². The molecule has 1 aromatic rings. The zero-order chi connectivity index (χ0) is 5.28. The maximum Gasteiger partial charge on any atom is 0.0952 e. The molecule has 0 fully saturated rings. The fourth-order valence-corrected chi connectivity index (χ4v) is 0.486. The number of hydrogen-bond acceptors (Lipinski definition) is 1. The van der Waals surface area contributed by atoms with Crippen LogP contribution < -0.4 is 0 Å². The molecule has 0 aromatic carbocycles. The van der Waals surface area contributed by atoms with E-state index in [4.69, 9.17) is 0 Å². The third-order valence-corrected chi connectivity index (χ3v) is 0.763. The van der Waals surface area contributed by atoms with Crippen LogP contribution in [0, 0.1) is 13.1 Å². The van der Waals surface area contributed by atoms with Crippen LogP contribution in [0.25, 0.3) is 0 Å². The highest BCUT2D eigenvalue weighted by Crippen LogP contribution is 1.85. The van der Waals surface area contributed by atoms with Crippen molar-refractivity contribution in [3.8, 4) is 0 Å². The average molecular weight is 95.1 g/mol. The van der Waals surface area contributed by atoms with Crippen molar-refractivity contribution in [1.29, 1.82) is 0 Å². The minimum Gasteiger partial charge on any atom is -0.332 e. The Morgan fingerprint density at radius 3 is 2.71 bits per heavy atom. The predicted octanol–water partition coefficient (Wildman–Crippen LogP) is 0.529. The summed E-state index contributed by atoms with van der Waals surface area (Å²) >= 11 is 0. The molecule has 1 heterocycles. The quantitative estimate of drug-likeness (QED) is 0.459. The molecule has 0 aliphatic carbocycles. The van der Waals surface area contributed by atoms with Crippen molar-refractivity contribution in [3.63, 3.8) is 0 Å². The van der Waals surface area contributed by atoms with Crippen molar-refractivity contribution in [3.05, 3.63) is 18.2 Å². The smallest absolute Gasteiger partial charge is 0.0952 e. The lowest BCUT2D eigenvalue weighted by Gasteiger charge is -1.76. The molecule has 0 saturated heterocycles. The van der Waals surface area contributed by atoms with Crippen molar-refractivity contribution in [1.82, 2.24) is 9.55 Å². The van der Waals surface area contributed by atoms with Gasteiger partial charge in [-0.15, -0.1) is 0 Å². The molecule has 0 unspecified atom stereocenters. The van der Waals surface area contributed by atoms with Crippen molar-refractivity contribution < 1.29 is 0 Å². The molecule has 0 bridgehead atoms. The van der Waals surface area contributed by atoms with Gasteiger partial charge in [0.05, 0.1) is 18.2 Å². The Hall–Kier alpha value is -0.790. The molecule has 2 heteroatoms. The minimum absolute atomic E-state index is 0.947. The van der Waals surface area contributed by atoms with Crippen molar-refractivity contribution in [2.24, 2.45) is 7.05 Å². The van der Waals surface area contributed by atoms with Crippen LogP contribution in [0.3, 0.4) is 0 Å². The Morgan fingerprint density at radius 2 is 2.57 bits per heavy atom. The van der Waals surface area contributed by atoms with Gasteiger partial charge in [0, 0.05) is 7.05 Å². The van der Waals surface area contributed by atoms with E-state index in [1.54, 1.807) is 10.9 Å². The van der Waals surface area contributed by atoms with Gasteiger partial charge in [-0.1, -0.05) is 0 Å². The van der Waals surface area contributed by atoms with E-state index in [0.29, 0.717) is 0 Å². The van der Waals surface area contributed by atoms with E-state index in [1.807, 2.05) is 14.0 Å². The first-order valence-electron chi connectivity index (χ1n) is 2.16. The lowest BCUT2D eigenvalue weighted by Crippen LogP contribution is -1.77. The predicted molar refractivity (Wildman–Crippen MR) is 26.8 cm³/mol. The van der Waals surface area contributed by atoms with Crippen LogP contribution in [0.15, 0.2) is 6.33 Å². The molecule has 0 saturated carbocycles. The number of aryl methyl sites for hydroxylation is 2. The van der Waals surface area contributed by atoms with Crippen LogP contribution in [0.4, 0.5) is 0 Å². The van der Waals surface area contributed by atoms with Gasteiger partial charge in [-0.3, -0.25) is 0 Å². The molecule has 0 amide bonds. The molecule has 1 aromatic heterocycles. The topological polar surface area (TPSA) is 17.8 Å². The second kappa shape index (κ2) is 1.37. The van der Waals surface area contributed by atoms with Gasteiger partial charge in [-0.25, -0.2) is 4.98 Å². The maximum absolute atomic E-state index is 3.92. The molecule has 1 rings (SSSR count). The first-order valence-corrected chi connectivity index (χ1v) is 2.16. The molecule has 0 spiro atoms. The number of aromatic nitrogens is 2. The van der Waals surface area contributed by atoms with E-state index in [-0.39, 0.29) is 0 Å². The highest BCUT2D eigenvalue weighted by Gasteiger charge is 1.83. The summed E-state index contributed by atoms with van der Waals surface area (Å²) in [5.41, 5.74) is 0.947. The molecule has 0 aliphatic heterocycles. The summed E-state index contributed by atoms with van der Waals surface area (Å²) in [5.74, 6) is 0. The van der Waals surface area contributed by atoms with Crippen LogP contribution in [0.2, 0.25) is 0 Å². The van der Waals surface area contributed by atoms with E-state index in [9.17, 15) is 0 Å². The second-order valence-corrected chi connectivity index (χ2v) is 1.55. The van der Waals surface area contributed by atoms with Gasteiger partial charge >= 0.3 is 0 Å². The SMILES string of the molecule is Cc1[c]n(C)cn1.